The van der Waals surface area contributed by atoms with Gasteiger partial charge in [0.2, 0.25) is 0 Å². The molecule has 1 saturated heterocycles. The van der Waals surface area contributed by atoms with Gasteiger partial charge in [0.15, 0.2) is 5.82 Å². The third-order valence-electron chi connectivity index (χ3n) is 6.70. The Hall–Kier alpha value is -3.53. The van der Waals surface area contributed by atoms with E-state index in [1.54, 1.807) is 13.3 Å². The van der Waals surface area contributed by atoms with Crippen LogP contribution in [0.2, 0.25) is 5.02 Å². The minimum absolute atomic E-state index is 0.214. The van der Waals surface area contributed by atoms with Crippen LogP contribution in [0.4, 0.5) is 5.69 Å². The molecular formula is C26H26ClN7O2. The van der Waals surface area contributed by atoms with Gasteiger partial charge in [-0.2, -0.15) is 5.10 Å². The summed E-state index contributed by atoms with van der Waals surface area (Å²) in [5.74, 6) is 1.47. The molecule has 0 aliphatic carbocycles. The summed E-state index contributed by atoms with van der Waals surface area (Å²) in [6.45, 7) is 5.10. The number of nitrogens with zero attached hydrogens (tertiary/aromatic N) is 6. The summed E-state index contributed by atoms with van der Waals surface area (Å²) in [4.78, 5) is 16.5. The molecule has 1 unspecified atom stereocenters. The normalized spacial score (nSPS) is 15.1. The van der Waals surface area contributed by atoms with Gasteiger partial charge in [-0.1, -0.05) is 30.7 Å². The zero-order valence-electron chi connectivity index (χ0n) is 20.1. The standard InChI is InChI=1S/C26H26ClN7O2/c1-3-22(35-2)26-31-24-18(25-29-15-30-32-25)13-16(33-9-11-36-12-10-33)14-21(24)34(26)20-7-8-28-23-17(20)5-4-6-19(23)27/h4-8,13-15,22H,3,9-12H2,1-2H3,(H,29,30,32). The highest BCUT2D eigenvalue weighted by Gasteiger charge is 2.26. The number of ether oxygens (including phenoxy) is 2. The molecule has 1 N–H and O–H groups in total. The number of rotatable bonds is 6. The van der Waals surface area contributed by atoms with Crippen molar-refractivity contribution in [3.05, 3.63) is 59.8 Å². The Morgan fingerprint density at radius 1 is 1.14 bits per heavy atom. The topological polar surface area (TPSA) is 94.0 Å². The van der Waals surface area contributed by atoms with E-state index in [0.29, 0.717) is 24.1 Å². The van der Waals surface area contributed by atoms with E-state index in [4.69, 9.17) is 26.1 Å². The average Bonchev–Trinajstić information content (AvgIpc) is 3.58. The number of pyridine rings is 1. The number of halogens is 1. The number of morpholine rings is 1. The predicted octanol–water partition coefficient (Wildman–Crippen LogP) is 4.95. The third kappa shape index (κ3) is 3.80. The van der Waals surface area contributed by atoms with E-state index in [2.05, 4.69) is 48.7 Å². The second-order valence-electron chi connectivity index (χ2n) is 8.70. The number of H-pyrrole nitrogens is 1. The monoisotopic (exact) mass is 503 g/mol. The van der Waals surface area contributed by atoms with E-state index in [9.17, 15) is 0 Å². The summed E-state index contributed by atoms with van der Waals surface area (Å²) in [5, 5.41) is 8.67. The highest BCUT2D eigenvalue weighted by molar-refractivity contribution is 6.35. The second kappa shape index (κ2) is 9.50. The Balaban J connectivity index is 1.71. The number of fused-ring (bicyclic) bond motifs is 2. The van der Waals surface area contributed by atoms with Gasteiger partial charge in [-0.3, -0.25) is 14.6 Å². The minimum Gasteiger partial charge on any atom is -0.378 e. The van der Waals surface area contributed by atoms with Crippen molar-refractivity contribution in [2.45, 2.75) is 19.4 Å². The largest absolute Gasteiger partial charge is 0.378 e. The Kier molecular flexibility index (Phi) is 6.04. The number of aromatic amines is 1. The first-order valence-electron chi connectivity index (χ1n) is 12.0. The van der Waals surface area contributed by atoms with E-state index >= 15 is 0 Å². The van der Waals surface area contributed by atoms with Crippen molar-refractivity contribution >= 4 is 39.2 Å². The van der Waals surface area contributed by atoms with Gasteiger partial charge in [0.25, 0.3) is 0 Å². The first-order valence-corrected chi connectivity index (χ1v) is 12.4. The van der Waals surface area contributed by atoms with Gasteiger partial charge in [0.05, 0.1) is 35.0 Å². The van der Waals surface area contributed by atoms with E-state index < -0.39 is 0 Å². The average molecular weight is 504 g/mol. The lowest BCUT2D eigenvalue weighted by molar-refractivity contribution is 0.0918. The van der Waals surface area contributed by atoms with Crippen LogP contribution >= 0.6 is 11.6 Å². The summed E-state index contributed by atoms with van der Waals surface area (Å²) >= 11 is 6.54. The van der Waals surface area contributed by atoms with Crippen molar-refractivity contribution in [1.82, 2.24) is 29.7 Å². The van der Waals surface area contributed by atoms with Crippen LogP contribution in [0, 0.1) is 0 Å². The summed E-state index contributed by atoms with van der Waals surface area (Å²) in [7, 11) is 1.72. The molecule has 0 amide bonds. The third-order valence-corrected chi connectivity index (χ3v) is 7.01. The number of para-hydroxylation sites is 1. The number of methoxy groups -OCH3 is 1. The van der Waals surface area contributed by atoms with Crippen molar-refractivity contribution < 1.29 is 9.47 Å². The zero-order valence-corrected chi connectivity index (χ0v) is 20.9. The summed E-state index contributed by atoms with van der Waals surface area (Å²) in [6, 6.07) is 12.2. The lowest BCUT2D eigenvalue weighted by atomic mass is 10.1. The van der Waals surface area contributed by atoms with Crippen LogP contribution in [0.25, 0.3) is 39.0 Å². The summed E-state index contributed by atoms with van der Waals surface area (Å²) in [5.41, 5.74) is 5.41. The van der Waals surface area contributed by atoms with Crippen LogP contribution in [0.3, 0.4) is 0 Å². The molecule has 1 aliphatic rings. The molecule has 5 aromatic rings. The van der Waals surface area contributed by atoms with Crippen LogP contribution < -0.4 is 4.90 Å². The number of hydrogen-bond donors (Lipinski definition) is 1. The number of anilines is 1. The zero-order chi connectivity index (χ0) is 24.6. The second-order valence-corrected chi connectivity index (χ2v) is 9.11. The van der Waals surface area contributed by atoms with Crippen LogP contribution in [-0.2, 0) is 9.47 Å². The van der Waals surface area contributed by atoms with E-state index in [0.717, 1.165) is 64.2 Å². The molecule has 0 spiro atoms. The molecule has 1 aliphatic heterocycles. The molecule has 1 fully saturated rings. The maximum absolute atomic E-state index is 6.54. The van der Waals surface area contributed by atoms with Gasteiger partial charge in [-0.15, -0.1) is 0 Å². The highest BCUT2D eigenvalue weighted by atomic mass is 35.5. The Morgan fingerprint density at radius 2 is 2.00 bits per heavy atom. The summed E-state index contributed by atoms with van der Waals surface area (Å²) < 4.78 is 13.7. The Morgan fingerprint density at radius 3 is 2.75 bits per heavy atom. The van der Waals surface area contributed by atoms with E-state index in [-0.39, 0.29) is 6.10 Å². The van der Waals surface area contributed by atoms with Crippen molar-refractivity contribution in [1.29, 1.82) is 0 Å². The van der Waals surface area contributed by atoms with Gasteiger partial charge in [-0.25, -0.2) is 9.97 Å². The SMILES string of the molecule is CCC(OC)c1nc2c(-c3ncn[nH]3)cc(N3CCOCC3)cc2n1-c1ccnc2c(Cl)cccc12. The number of nitrogens with one attached hydrogen (secondary N) is 1. The summed E-state index contributed by atoms with van der Waals surface area (Å²) in [6.07, 6.45) is 3.85. The first kappa shape index (κ1) is 22.9. The minimum atomic E-state index is -0.214. The smallest absolute Gasteiger partial charge is 0.157 e. The van der Waals surface area contributed by atoms with E-state index in [1.165, 1.54) is 6.33 Å². The maximum atomic E-state index is 6.54. The molecule has 6 rings (SSSR count). The molecule has 0 radical (unpaired) electrons. The van der Waals surface area contributed by atoms with Gasteiger partial charge < -0.3 is 14.4 Å². The van der Waals surface area contributed by atoms with Gasteiger partial charge in [0.1, 0.15) is 23.8 Å². The Labute approximate surface area is 213 Å². The van der Waals surface area contributed by atoms with Crippen molar-refractivity contribution in [2.75, 3.05) is 38.3 Å². The maximum Gasteiger partial charge on any atom is 0.157 e. The van der Waals surface area contributed by atoms with Crippen LogP contribution in [0.5, 0.6) is 0 Å². The fourth-order valence-corrected chi connectivity index (χ4v) is 5.17. The van der Waals surface area contributed by atoms with Crippen molar-refractivity contribution in [3.8, 4) is 17.1 Å². The quantitative estimate of drug-likeness (QED) is 0.350. The molecule has 9 nitrogen and oxygen atoms in total. The van der Waals surface area contributed by atoms with Crippen molar-refractivity contribution in [3.63, 3.8) is 0 Å². The number of hydrogen-bond acceptors (Lipinski definition) is 7. The molecule has 1 atom stereocenters. The molecule has 10 heteroatoms. The Bertz CT molecular complexity index is 1520. The van der Waals surface area contributed by atoms with Crippen LogP contribution in [-0.4, -0.2) is 63.1 Å². The van der Waals surface area contributed by atoms with Gasteiger partial charge in [0, 0.05) is 43.0 Å². The molecule has 0 bridgehead atoms. The van der Waals surface area contributed by atoms with Gasteiger partial charge in [-0.05, 0) is 30.7 Å². The number of aromatic nitrogens is 6. The predicted molar refractivity (Wildman–Crippen MR) is 140 cm³/mol. The molecule has 3 aromatic heterocycles. The molecule has 36 heavy (non-hydrogen) atoms. The number of benzene rings is 2. The first-order chi connectivity index (χ1) is 17.7. The molecule has 4 heterocycles. The molecule has 184 valence electrons. The fourth-order valence-electron chi connectivity index (χ4n) is 4.94. The molecule has 2 aromatic carbocycles. The number of imidazole rings is 1. The highest BCUT2D eigenvalue weighted by Crippen LogP contribution is 2.38. The van der Waals surface area contributed by atoms with Crippen LogP contribution in [0.1, 0.15) is 25.3 Å². The van der Waals surface area contributed by atoms with Crippen molar-refractivity contribution in [2.24, 2.45) is 0 Å². The molecule has 0 saturated carbocycles. The van der Waals surface area contributed by atoms with Crippen LogP contribution in [0.15, 0.2) is 48.9 Å². The molecular weight excluding hydrogens is 478 g/mol. The van der Waals surface area contributed by atoms with E-state index in [1.807, 2.05) is 24.3 Å². The van der Waals surface area contributed by atoms with Gasteiger partial charge >= 0.3 is 0 Å². The fraction of sp³-hybridized carbons (Fsp3) is 0.308. The lowest BCUT2D eigenvalue weighted by Gasteiger charge is -2.29. The lowest BCUT2D eigenvalue weighted by Crippen LogP contribution is -2.36.